The number of benzene rings is 1. The van der Waals surface area contributed by atoms with Gasteiger partial charge in [-0.2, -0.15) is 5.10 Å². The van der Waals surface area contributed by atoms with Gasteiger partial charge in [-0.25, -0.2) is 0 Å². The first-order valence-corrected chi connectivity index (χ1v) is 8.35. The minimum absolute atomic E-state index is 0.0730. The average Bonchev–Trinajstić information content (AvgIpc) is 3.14. The molecule has 8 heteroatoms. The minimum Gasteiger partial charge on any atom is -0.361 e. The molecular weight excluding hydrogens is 334 g/mol. The van der Waals surface area contributed by atoms with Crippen molar-refractivity contribution < 1.29 is 9.45 Å². The highest BCUT2D eigenvalue weighted by Crippen LogP contribution is 2.24. The molecule has 0 radical (unpaired) electrons. The van der Waals surface area contributed by atoms with Gasteiger partial charge in [0.2, 0.25) is 0 Å². The summed E-state index contributed by atoms with van der Waals surface area (Å²) in [5.74, 6) is 0.859. The first kappa shape index (κ1) is 17.8. The summed E-state index contributed by atoms with van der Waals surface area (Å²) in [6.07, 6.45) is 2.80. The van der Waals surface area contributed by atoms with Crippen LogP contribution in [0.5, 0.6) is 0 Å². The molecule has 1 aromatic carbocycles. The molecule has 3 aromatic rings. The van der Waals surface area contributed by atoms with Crippen LogP contribution in [0.1, 0.15) is 22.6 Å². The van der Waals surface area contributed by atoms with Gasteiger partial charge in [-0.3, -0.25) is 14.8 Å². The van der Waals surface area contributed by atoms with Gasteiger partial charge < -0.3 is 9.84 Å². The van der Waals surface area contributed by atoms with E-state index in [0.717, 1.165) is 46.8 Å². The molecule has 3 rings (SSSR count). The Kier molecular flexibility index (Phi) is 5.13. The summed E-state index contributed by atoms with van der Waals surface area (Å²) >= 11 is 0. The van der Waals surface area contributed by atoms with Crippen molar-refractivity contribution in [1.82, 2.24) is 20.3 Å². The molecule has 0 aliphatic rings. The molecule has 0 amide bonds. The molecule has 136 valence electrons. The molecule has 2 heterocycles. The van der Waals surface area contributed by atoms with Crippen LogP contribution in [-0.4, -0.2) is 26.4 Å². The van der Waals surface area contributed by atoms with E-state index >= 15 is 0 Å². The Morgan fingerprint density at radius 2 is 2.00 bits per heavy atom. The van der Waals surface area contributed by atoms with Gasteiger partial charge in [-0.05, 0) is 38.9 Å². The summed E-state index contributed by atoms with van der Waals surface area (Å²) in [5.41, 5.74) is 4.87. The standard InChI is InChI=1S/C18H21N5O3/c1-12-17(13(2)26-21-12)8-9-19-10-15-11-22(3)20-18(15)14-4-6-16(7-5-14)23(24)25/h4-7,11,19H,8-10H2,1-3H3. The van der Waals surface area contributed by atoms with Crippen LogP contribution in [0.2, 0.25) is 0 Å². The zero-order chi connectivity index (χ0) is 18.7. The van der Waals surface area contributed by atoms with Crippen molar-refractivity contribution >= 4 is 5.69 Å². The van der Waals surface area contributed by atoms with E-state index in [0.29, 0.717) is 6.54 Å². The van der Waals surface area contributed by atoms with Gasteiger partial charge in [-0.15, -0.1) is 0 Å². The number of aromatic nitrogens is 3. The van der Waals surface area contributed by atoms with Gasteiger partial charge in [0.25, 0.3) is 5.69 Å². The molecule has 26 heavy (non-hydrogen) atoms. The Bertz CT molecular complexity index is 892. The van der Waals surface area contributed by atoms with E-state index in [1.54, 1.807) is 16.8 Å². The fourth-order valence-electron chi connectivity index (χ4n) is 2.95. The van der Waals surface area contributed by atoms with Crippen LogP contribution in [0.15, 0.2) is 35.0 Å². The number of non-ortho nitro benzene ring substituents is 1. The molecule has 2 aromatic heterocycles. The van der Waals surface area contributed by atoms with Crippen molar-refractivity contribution in [3.8, 4) is 11.3 Å². The zero-order valence-corrected chi connectivity index (χ0v) is 15.0. The van der Waals surface area contributed by atoms with Crippen molar-refractivity contribution in [2.24, 2.45) is 7.05 Å². The van der Waals surface area contributed by atoms with Crippen LogP contribution >= 0.6 is 0 Å². The predicted octanol–water partition coefficient (Wildman–Crippen LogP) is 2.93. The molecule has 0 fully saturated rings. The fourth-order valence-corrected chi connectivity index (χ4v) is 2.95. The Morgan fingerprint density at radius 1 is 1.27 bits per heavy atom. The number of hydrogen-bond donors (Lipinski definition) is 1. The molecule has 0 spiro atoms. The monoisotopic (exact) mass is 355 g/mol. The lowest BCUT2D eigenvalue weighted by Crippen LogP contribution is -2.17. The fraction of sp³-hybridized carbons (Fsp3) is 0.333. The molecule has 0 bridgehead atoms. The van der Waals surface area contributed by atoms with E-state index in [1.165, 1.54) is 12.1 Å². The topological polar surface area (TPSA) is 99.0 Å². The molecule has 1 N–H and O–H groups in total. The molecule has 0 atom stereocenters. The Morgan fingerprint density at radius 3 is 2.62 bits per heavy atom. The SMILES string of the molecule is Cc1noc(C)c1CCNCc1cn(C)nc1-c1ccc([N+](=O)[O-])cc1. The van der Waals surface area contributed by atoms with Crippen molar-refractivity contribution in [2.45, 2.75) is 26.8 Å². The maximum Gasteiger partial charge on any atom is 0.269 e. The van der Waals surface area contributed by atoms with E-state index in [4.69, 9.17) is 4.52 Å². The Hall–Kier alpha value is -3.00. The van der Waals surface area contributed by atoms with E-state index in [1.807, 2.05) is 27.1 Å². The van der Waals surface area contributed by atoms with Gasteiger partial charge in [0.1, 0.15) is 5.76 Å². The third kappa shape index (κ3) is 3.80. The summed E-state index contributed by atoms with van der Waals surface area (Å²) in [5, 5.41) is 22.7. The molecule has 8 nitrogen and oxygen atoms in total. The largest absolute Gasteiger partial charge is 0.361 e. The van der Waals surface area contributed by atoms with Crippen LogP contribution in [0.3, 0.4) is 0 Å². The third-order valence-corrected chi connectivity index (χ3v) is 4.30. The summed E-state index contributed by atoms with van der Waals surface area (Å²) in [6.45, 7) is 5.31. The number of aryl methyl sites for hydroxylation is 3. The second-order valence-electron chi connectivity index (χ2n) is 6.21. The lowest BCUT2D eigenvalue weighted by molar-refractivity contribution is -0.384. The maximum atomic E-state index is 10.8. The van der Waals surface area contributed by atoms with Crippen molar-refractivity contribution in [3.05, 3.63) is 63.2 Å². The van der Waals surface area contributed by atoms with Crippen molar-refractivity contribution in [3.63, 3.8) is 0 Å². The molecule has 0 saturated carbocycles. The van der Waals surface area contributed by atoms with Crippen LogP contribution in [0.25, 0.3) is 11.3 Å². The average molecular weight is 355 g/mol. The summed E-state index contributed by atoms with van der Waals surface area (Å²) in [6, 6.07) is 6.46. The Balaban J connectivity index is 1.66. The van der Waals surface area contributed by atoms with Gasteiger partial charge in [0.15, 0.2) is 0 Å². The number of nitrogens with one attached hydrogen (secondary N) is 1. The van der Waals surface area contributed by atoms with Gasteiger partial charge in [-0.1, -0.05) is 5.16 Å². The van der Waals surface area contributed by atoms with E-state index in [9.17, 15) is 10.1 Å². The van der Waals surface area contributed by atoms with Gasteiger partial charge in [0.05, 0.1) is 16.3 Å². The number of nitro groups is 1. The quantitative estimate of drug-likeness (QED) is 0.397. The van der Waals surface area contributed by atoms with Crippen LogP contribution in [0, 0.1) is 24.0 Å². The van der Waals surface area contributed by atoms with Crippen LogP contribution in [-0.2, 0) is 20.0 Å². The number of nitro benzene ring substituents is 1. The first-order chi connectivity index (χ1) is 12.5. The van der Waals surface area contributed by atoms with Crippen molar-refractivity contribution in [1.29, 1.82) is 0 Å². The summed E-state index contributed by atoms with van der Waals surface area (Å²) in [4.78, 5) is 10.4. The normalized spacial score (nSPS) is 11.0. The summed E-state index contributed by atoms with van der Waals surface area (Å²) in [7, 11) is 1.86. The van der Waals surface area contributed by atoms with Crippen LogP contribution in [0.4, 0.5) is 5.69 Å². The maximum absolute atomic E-state index is 10.8. The third-order valence-electron chi connectivity index (χ3n) is 4.30. The highest BCUT2D eigenvalue weighted by molar-refractivity contribution is 5.64. The predicted molar refractivity (Wildman–Crippen MR) is 96.7 cm³/mol. The second-order valence-corrected chi connectivity index (χ2v) is 6.21. The van der Waals surface area contributed by atoms with Crippen LogP contribution < -0.4 is 5.32 Å². The molecule has 0 saturated heterocycles. The minimum atomic E-state index is -0.403. The van der Waals surface area contributed by atoms with Crippen molar-refractivity contribution in [2.75, 3.05) is 6.54 Å². The molecule has 0 aliphatic heterocycles. The first-order valence-electron chi connectivity index (χ1n) is 8.35. The molecular formula is C18H21N5O3. The highest BCUT2D eigenvalue weighted by Gasteiger charge is 2.13. The van der Waals surface area contributed by atoms with Gasteiger partial charge >= 0.3 is 0 Å². The van der Waals surface area contributed by atoms with Gasteiger partial charge in [0, 0.05) is 48.6 Å². The molecule has 0 aliphatic carbocycles. The summed E-state index contributed by atoms with van der Waals surface area (Å²) < 4.78 is 6.93. The van der Waals surface area contributed by atoms with E-state index in [-0.39, 0.29) is 5.69 Å². The highest BCUT2D eigenvalue weighted by atomic mass is 16.6. The lowest BCUT2D eigenvalue weighted by Gasteiger charge is -2.05. The number of nitrogens with zero attached hydrogens (tertiary/aromatic N) is 4. The van der Waals surface area contributed by atoms with E-state index < -0.39 is 4.92 Å². The lowest BCUT2D eigenvalue weighted by atomic mass is 10.1. The van der Waals surface area contributed by atoms with E-state index in [2.05, 4.69) is 15.6 Å². The second kappa shape index (κ2) is 7.49. The smallest absolute Gasteiger partial charge is 0.269 e. The number of rotatable bonds is 7. The Labute approximate surface area is 151 Å². The zero-order valence-electron chi connectivity index (χ0n) is 15.0. The molecule has 0 unspecified atom stereocenters. The number of hydrogen-bond acceptors (Lipinski definition) is 6.